The Morgan fingerprint density at radius 1 is 1.20 bits per heavy atom. The maximum Gasteiger partial charge on any atom is 0.318 e. The average molecular weight is 405 g/mol. The first-order chi connectivity index (χ1) is 12.1. The molecule has 0 saturated heterocycles. The Balaban J connectivity index is 1.63. The van der Waals surface area contributed by atoms with E-state index in [0.29, 0.717) is 13.1 Å². The Labute approximate surface area is 156 Å². The van der Waals surface area contributed by atoms with Gasteiger partial charge in [-0.3, -0.25) is 0 Å². The van der Waals surface area contributed by atoms with E-state index in [2.05, 4.69) is 21.2 Å². The van der Waals surface area contributed by atoms with E-state index in [0.717, 1.165) is 27.1 Å². The fraction of sp³-hybridized carbons (Fsp3) is 0.316. The Bertz CT molecular complexity index is 749. The molecule has 1 aliphatic heterocycles. The molecule has 1 atom stereocenters. The second-order valence-corrected chi connectivity index (χ2v) is 6.84. The van der Waals surface area contributed by atoms with Crippen LogP contribution >= 0.6 is 15.9 Å². The van der Waals surface area contributed by atoms with E-state index in [1.807, 2.05) is 56.3 Å². The molecule has 6 heteroatoms. The van der Waals surface area contributed by atoms with Gasteiger partial charge in [-0.25, -0.2) is 4.79 Å². The van der Waals surface area contributed by atoms with Gasteiger partial charge in [0.25, 0.3) is 0 Å². The topological polar surface area (TPSA) is 50.8 Å². The van der Waals surface area contributed by atoms with Crippen LogP contribution in [0.1, 0.15) is 31.0 Å². The van der Waals surface area contributed by atoms with Gasteiger partial charge in [0.05, 0.1) is 6.04 Å². The molecule has 0 spiro atoms. The Kier molecular flexibility index (Phi) is 5.48. The van der Waals surface area contributed by atoms with Crippen LogP contribution in [-0.4, -0.2) is 24.3 Å². The number of carbonyl (C=O) groups is 1. The molecule has 1 N–H and O–H groups in total. The lowest BCUT2D eigenvalue weighted by Crippen LogP contribution is -2.40. The summed E-state index contributed by atoms with van der Waals surface area (Å²) in [7, 11) is 0. The van der Waals surface area contributed by atoms with Crippen molar-refractivity contribution >= 4 is 22.0 Å². The van der Waals surface area contributed by atoms with Crippen LogP contribution < -0.4 is 14.8 Å². The van der Waals surface area contributed by atoms with Gasteiger partial charge in [0.15, 0.2) is 11.5 Å². The highest BCUT2D eigenvalue weighted by Crippen LogP contribution is 2.32. The molecule has 1 heterocycles. The molecule has 0 saturated carbocycles. The van der Waals surface area contributed by atoms with Crippen LogP contribution in [0.15, 0.2) is 46.9 Å². The predicted octanol–water partition coefficient (Wildman–Crippen LogP) is 4.47. The maximum atomic E-state index is 12.6. The zero-order valence-corrected chi connectivity index (χ0v) is 15.9. The zero-order valence-electron chi connectivity index (χ0n) is 14.3. The fourth-order valence-corrected chi connectivity index (χ4v) is 2.96. The SMILES string of the molecule is CCN(Cc1ccc2c(c1)OCO2)C(=O)NC(C)c1ccc(Br)cc1. The third kappa shape index (κ3) is 4.25. The summed E-state index contributed by atoms with van der Waals surface area (Å²) >= 11 is 3.42. The zero-order chi connectivity index (χ0) is 17.8. The van der Waals surface area contributed by atoms with Crippen LogP contribution in [0.5, 0.6) is 11.5 Å². The summed E-state index contributed by atoms with van der Waals surface area (Å²) in [4.78, 5) is 14.4. The molecule has 0 fully saturated rings. The molecule has 132 valence electrons. The summed E-state index contributed by atoms with van der Waals surface area (Å²) in [5, 5.41) is 3.05. The van der Waals surface area contributed by atoms with Crippen LogP contribution in [-0.2, 0) is 6.54 Å². The van der Waals surface area contributed by atoms with Gasteiger partial charge in [0.2, 0.25) is 6.79 Å². The van der Waals surface area contributed by atoms with Gasteiger partial charge in [-0.1, -0.05) is 34.1 Å². The molecule has 2 amide bonds. The first-order valence-corrected chi connectivity index (χ1v) is 9.05. The molecule has 0 radical (unpaired) electrons. The van der Waals surface area contributed by atoms with E-state index < -0.39 is 0 Å². The highest BCUT2D eigenvalue weighted by Gasteiger charge is 2.18. The number of halogens is 1. The number of ether oxygens (including phenoxy) is 2. The van der Waals surface area contributed by atoms with E-state index in [1.54, 1.807) is 4.90 Å². The number of urea groups is 1. The van der Waals surface area contributed by atoms with Gasteiger partial charge in [-0.05, 0) is 49.2 Å². The summed E-state index contributed by atoms with van der Waals surface area (Å²) < 4.78 is 11.7. The molecular weight excluding hydrogens is 384 g/mol. The van der Waals surface area contributed by atoms with E-state index in [-0.39, 0.29) is 18.9 Å². The van der Waals surface area contributed by atoms with Crippen molar-refractivity contribution in [2.75, 3.05) is 13.3 Å². The number of carbonyl (C=O) groups excluding carboxylic acids is 1. The van der Waals surface area contributed by atoms with Crippen LogP contribution in [0, 0.1) is 0 Å². The predicted molar refractivity (Wildman–Crippen MR) is 99.7 cm³/mol. The Morgan fingerprint density at radius 3 is 2.64 bits per heavy atom. The van der Waals surface area contributed by atoms with Crippen LogP contribution in [0.4, 0.5) is 4.79 Å². The van der Waals surface area contributed by atoms with E-state index in [1.165, 1.54) is 0 Å². The fourth-order valence-electron chi connectivity index (χ4n) is 2.70. The number of hydrogen-bond donors (Lipinski definition) is 1. The van der Waals surface area contributed by atoms with Crippen molar-refractivity contribution in [1.29, 1.82) is 0 Å². The minimum absolute atomic E-state index is 0.0635. The number of fused-ring (bicyclic) bond motifs is 1. The molecule has 2 aromatic carbocycles. The quantitative estimate of drug-likeness (QED) is 0.799. The second-order valence-electron chi connectivity index (χ2n) is 5.92. The van der Waals surface area contributed by atoms with Crippen LogP contribution in [0.3, 0.4) is 0 Å². The largest absolute Gasteiger partial charge is 0.454 e. The molecule has 2 aromatic rings. The molecule has 0 aliphatic carbocycles. The van der Waals surface area contributed by atoms with Gasteiger partial charge in [0.1, 0.15) is 0 Å². The molecule has 1 aliphatic rings. The van der Waals surface area contributed by atoms with Crippen molar-refractivity contribution in [3.05, 3.63) is 58.1 Å². The van der Waals surface area contributed by atoms with Crippen molar-refractivity contribution in [2.24, 2.45) is 0 Å². The summed E-state index contributed by atoms with van der Waals surface area (Å²) in [5.74, 6) is 1.48. The van der Waals surface area contributed by atoms with Crippen molar-refractivity contribution in [1.82, 2.24) is 10.2 Å². The van der Waals surface area contributed by atoms with Gasteiger partial charge in [0, 0.05) is 17.6 Å². The smallest absolute Gasteiger partial charge is 0.318 e. The van der Waals surface area contributed by atoms with Gasteiger partial charge in [-0.15, -0.1) is 0 Å². The van der Waals surface area contributed by atoms with Crippen molar-refractivity contribution < 1.29 is 14.3 Å². The lowest BCUT2D eigenvalue weighted by atomic mass is 10.1. The minimum Gasteiger partial charge on any atom is -0.454 e. The highest BCUT2D eigenvalue weighted by atomic mass is 79.9. The van der Waals surface area contributed by atoms with E-state index >= 15 is 0 Å². The molecule has 25 heavy (non-hydrogen) atoms. The second kappa shape index (κ2) is 7.78. The molecule has 0 aromatic heterocycles. The third-order valence-corrected chi connectivity index (χ3v) is 4.72. The average Bonchev–Trinajstić information content (AvgIpc) is 3.07. The maximum absolute atomic E-state index is 12.6. The van der Waals surface area contributed by atoms with Gasteiger partial charge >= 0.3 is 6.03 Å². The number of nitrogens with one attached hydrogen (secondary N) is 1. The molecule has 5 nitrogen and oxygen atoms in total. The monoisotopic (exact) mass is 404 g/mol. The summed E-state index contributed by atoms with van der Waals surface area (Å²) in [5.41, 5.74) is 2.08. The molecular formula is C19H21BrN2O3. The molecule has 0 bridgehead atoms. The first kappa shape index (κ1) is 17.6. The van der Waals surface area contributed by atoms with E-state index in [4.69, 9.17) is 9.47 Å². The van der Waals surface area contributed by atoms with E-state index in [9.17, 15) is 4.79 Å². The highest BCUT2D eigenvalue weighted by molar-refractivity contribution is 9.10. The summed E-state index contributed by atoms with van der Waals surface area (Å²) in [6.45, 7) is 5.34. The number of rotatable bonds is 5. The Morgan fingerprint density at radius 2 is 1.92 bits per heavy atom. The van der Waals surface area contributed by atoms with Crippen LogP contribution in [0.2, 0.25) is 0 Å². The standard InChI is InChI=1S/C19H21BrN2O3/c1-3-22(11-14-4-9-17-18(10-14)25-12-24-17)19(23)21-13(2)15-5-7-16(20)8-6-15/h4-10,13H,3,11-12H2,1-2H3,(H,21,23). The lowest BCUT2D eigenvalue weighted by Gasteiger charge is -2.24. The number of benzene rings is 2. The third-order valence-electron chi connectivity index (χ3n) is 4.19. The summed E-state index contributed by atoms with van der Waals surface area (Å²) in [6.07, 6.45) is 0. The Hall–Kier alpha value is -2.21. The minimum atomic E-state index is -0.0874. The van der Waals surface area contributed by atoms with Gasteiger partial charge in [-0.2, -0.15) is 0 Å². The number of nitrogens with zero attached hydrogens (tertiary/aromatic N) is 1. The molecule has 3 rings (SSSR count). The number of hydrogen-bond acceptors (Lipinski definition) is 3. The number of amides is 2. The van der Waals surface area contributed by atoms with Crippen molar-refractivity contribution in [3.8, 4) is 11.5 Å². The van der Waals surface area contributed by atoms with Crippen LogP contribution in [0.25, 0.3) is 0 Å². The van der Waals surface area contributed by atoms with Crippen molar-refractivity contribution in [2.45, 2.75) is 26.4 Å². The molecule has 1 unspecified atom stereocenters. The lowest BCUT2D eigenvalue weighted by molar-refractivity contribution is 0.173. The van der Waals surface area contributed by atoms with Gasteiger partial charge < -0.3 is 19.7 Å². The summed E-state index contributed by atoms with van der Waals surface area (Å²) in [6, 6.07) is 13.6. The normalized spacial score (nSPS) is 13.4. The van der Waals surface area contributed by atoms with Crippen molar-refractivity contribution in [3.63, 3.8) is 0 Å². The first-order valence-electron chi connectivity index (χ1n) is 8.26.